The summed E-state index contributed by atoms with van der Waals surface area (Å²) in [6, 6.07) is 10.1. The molecule has 7 atom stereocenters. The van der Waals surface area contributed by atoms with Crippen LogP contribution in [0, 0.1) is 11.8 Å². The summed E-state index contributed by atoms with van der Waals surface area (Å²) in [4.78, 5) is 92.1. The zero-order valence-corrected chi connectivity index (χ0v) is 30.2. The van der Waals surface area contributed by atoms with Crippen LogP contribution in [0.1, 0.15) is 36.8 Å². The molecule has 2 aromatic carbocycles. The van der Waals surface area contributed by atoms with E-state index >= 15 is 0 Å². The number of phenolic OH excluding ortho intramolecular Hbond substituents is 1. The highest BCUT2D eigenvalue weighted by molar-refractivity contribution is 7.81. The van der Waals surface area contributed by atoms with Gasteiger partial charge in [-0.3, -0.25) is 33.6 Å². The van der Waals surface area contributed by atoms with Crippen LogP contribution in [0.25, 0.3) is 0 Å². The SMILES string of the molecule is NC(=O)[C@H](CO)NC(=O)[C@@H](CC(=O)[C@H](CS)NC(=O)[C@@H]1CCCN1C(=O)[C@@H](CC(=O)[C@@H]([NH3+])[C@@H](S)C(=O)O)Cc1ccccc1)Cc1ccc(O)cc1. The number of hydrogen-bond donors (Lipinski definition) is 9. The van der Waals surface area contributed by atoms with Gasteiger partial charge in [0.25, 0.3) is 0 Å². The average Bonchev–Trinajstić information content (AvgIpc) is 3.62. The molecule has 0 saturated carbocycles. The first-order chi connectivity index (χ1) is 24.7. The minimum atomic E-state index is -1.40. The number of primary amides is 1. The normalized spacial score (nSPS) is 17.5. The second-order valence-corrected chi connectivity index (χ2v) is 13.7. The summed E-state index contributed by atoms with van der Waals surface area (Å²) < 4.78 is 0. The van der Waals surface area contributed by atoms with E-state index in [2.05, 4.69) is 41.6 Å². The van der Waals surface area contributed by atoms with Crippen LogP contribution in [0.2, 0.25) is 0 Å². The molecular weight excluding hydrogens is 715 g/mol. The first-order valence-electron chi connectivity index (χ1n) is 16.7. The fraction of sp³-hybridized carbons (Fsp3) is 0.457. The van der Waals surface area contributed by atoms with Crippen molar-refractivity contribution in [2.75, 3.05) is 18.9 Å². The Morgan fingerprint density at radius 1 is 0.885 bits per heavy atom. The second kappa shape index (κ2) is 20.0. The Balaban J connectivity index is 1.78. The van der Waals surface area contributed by atoms with Crippen molar-refractivity contribution in [2.45, 2.75) is 67.9 Å². The molecule has 0 aromatic heterocycles. The van der Waals surface area contributed by atoms with Gasteiger partial charge in [0.2, 0.25) is 23.6 Å². The van der Waals surface area contributed by atoms with Crippen LogP contribution >= 0.6 is 25.3 Å². The largest absolute Gasteiger partial charge is 0.508 e. The molecule has 52 heavy (non-hydrogen) atoms. The summed E-state index contributed by atoms with van der Waals surface area (Å²) in [5.41, 5.74) is 10.3. The highest BCUT2D eigenvalue weighted by Gasteiger charge is 2.41. The van der Waals surface area contributed by atoms with Crippen LogP contribution in [0.3, 0.4) is 0 Å². The van der Waals surface area contributed by atoms with Crippen LogP contribution in [-0.4, -0.2) is 110 Å². The van der Waals surface area contributed by atoms with Gasteiger partial charge in [-0.15, -0.1) is 0 Å². The number of Topliss-reactive ketones (excluding diaryl/α,β-unsaturated/α-hetero) is 2. The van der Waals surface area contributed by atoms with Crippen molar-refractivity contribution >= 4 is 66.4 Å². The van der Waals surface area contributed by atoms with E-state index in [-0.39, 0.29) is 43.7 Å². The smallest absolute Gasteiger partial charge is 0.323 e. The van der Waals surface area contributed by atoms with E-state index in [4.69, 9.17) is 5.73 Å². The van der Waals surface area contributed by atoms with Crippen LogP contribution in [0.4, 0.5) is 0 Å². The highest BCUT2D eigenvalue weighted by Crippen LogP contribution is 2.25. The number of nitrogens with zero attached hydrogens (tertiary/aromatic N) is 1. The lowest BCUT2D eigenvalue weighted by Gasteiger charge is -2.30. The molecule has 0 aliphatic carbocycles. The molecular formula is C35H46N5O10S2+. The molecule has 17 heteroatoms. The summed E-state index contributed by atoms with van der Waals surface area (Å²) in [6.07, 6.45) is 0.149. The first kappa shape index (κ1) is 42.0. The lowest BCUT2D eigenvalue weighted by atomic mass is 9.90. The van der Waals surface area contributed by atoms with Gasteiger partial charge in [-0.2, -0.15) is 25.3 Å². The Kier molecular flexibility index (Phi) is 16.1. The molecule has 1 aliphatic heterocycles. The maximum absolute atomic E-state index is 14.0. The number of carbonyl (C=O) groups is 7. The Morgan fingerprint density at radius 3 is 2.06 bits per heavy atom. The molecule has 4 amide bonds. The van der Waals surface area contributed by atoms with Gasteiger partial charge in [0.15, 0.2) is 22.9 Å². The van der Waals surface area contributed by atoms with E-state index in [1.807, 2.05) is 0 Å². The third kappa shape index (κ3) is 11.8. The quantitative estimate of drug-likeness (QED) is 0.0720. The number of nitrogens with one attached hydrogen (secondary N) is 2. The van der Waals surface area contributed by atoms with Gasteiger partial charge >= 0.3 is 5.97 Å². The van der Waals surface area contributed by atoms with E-state index in [1.54, 1.807) is 42.5 Å². The van der Waals surface area contributed by atoms with Gasteiger partial charge in [0, 0.05) is 37.0 Å². The monoisotopic (exact) mass is 760 g/mol. The molecule has 1 heterocycles. The van der Waals surface area contributed by atoms with Crippen molar-refractivity contribution in [2.24, 2.45) is 17.6 Å². The summed E-state index contributed by atoms with van der Waals surface area (Å²) >= 11 is 8.24. The molecule has 0 spiro atoms. The molecule has 282 valence electrons. The van der Waals surface area contributed by atoms with Crippen LogP contribution < -0.4 is 22.1 Å². The van der Waals surface area contributed by atoms with Crippen LogP contribution in [0.5, 0.6) is 5.75 Å². The van der Waals surface area contributed by atoms with Crippen molar-refractivity contribution in [3.05, 3.63) is 65.7 Å². The molecule has 0 unspecified atom stereocenters. The number of aliphatic hydroxyl groups excluding tert-OH is 1. The predicted molar refractivity (Wildman–Crippen MR) is 194 cm³/mol. The predicted octanol–water partition coefficient (Wildman–Crippen LogP) is -1.31. The summed E-state index contributed by atoms with van der Waals surface area (Å²) in [5.74, 6) is -7.46. The molecule has 0 bridgehead atoms. The number of rotatable bonds is 20. The van der Waals surface area contributed by atoms with Crippen molar-refractivity contribution < 1.29 is 54.6 Å². The number of carboxylic acid groups (broad SMARTS) is 1. The third-order valence-electron chi connectivity index (χ3n) is 8.98. The van der Waals surface area contributed by atoms with E-state index in [1.165, 1.54) is 17.0 Å². The number of nitrogens with two attached hydrogens (primary N) is 1. The standard InChI is InChI=1S/C35H45N5O10S2/c36-29(30(52)35(49)50)28(44)16-22(14-19-5-2-1-3-6-19)34(48)40-12-4-7-26(40)33(47)39-25(18-51)27(43)15-21(13-20-8-10-23(42)11-9-20)32(46)38-24(17-41)31(37)45/h1-3,5-6,8-11,21-22,24-26,29-30,41-42,51-52H,4,7,12-18,36H2,(H2,37,45)(H,38,46)(H,39,47)(H,49,50)/p+1/t21-,22-,24+,25+,26+,29-,30-/m1/s1. The van der Waals surface area contributed by atoms with Gasteiger partial charge in [-0.05, 0) is 48.9 Å². The Bertz CT molecular complexity index is 1600. The second-order valence-electron chi connectivity index (χ2n) is 12.8. The van der Waals surface area contributed by atoms with Gasteiger partial charge in [-0.1, -0.05) is 42.5 Å². The van der Waals surface area contributed by atoms with Gasteiger partial charge < -0.3 is 42.3 Å². The number of quaternary nitrogens is 1. The lowest BCUT2D eigenvalue weighted by molar-refractivity contribution is -0.400. The van der Waals surface area contributed by atoms with E-state index < -0.39 is 95.4 Å². The number of benzene rings is 2. The Hall–Kier alpha value is -4.45. The van der Waals surface area contributed by atoms with Crippen molar-refractivity contribution in [3.63, 3.8) is 0 Å². The topological polar surface area (TPSA) is 261 Å². The van der Waals surface area contributed by atoms with E-state index in [0.29, 0.717) is 12.0 Å². The van der Waals surface area contributed by atoms with Crippen molar-refractivity contribution in [1.29, 1.82) is 0 Å². The number of likely N-dealkylation sites (tertiary alicyclic amines) is 1. The Labute approximate surface area is 311 Å². The summed E-state index contributed by atoms with van der Waals surface area (Å²) in [6.45, 7) is -0.560. The van der Waals surface area contributed by atoms with Crippen LogP contribution in [0.15, 0.2) is 54.6 Å². The van der Waals surface area contributed by atoms with Gasteiger partial charge in [0.05, 0.1) is 12.6 Å². The van der Waals surface area contributed by atoms with Crippen molar-refractivity contribution in [1.82, 2.24) is 15.5 Å². The molecule has 1 aliphatic rings. The minimum absolute atomic E-state index is 0.00297. The zero-order chi connectivity index (χ0) is 38.5. The fourth-order valence-electron chi connectivity index (χ4n) is 5.98. The number of ketones is 2. The number of aromatic hydroxyl groups is 1. The van der Waals surface area contributed by atoms with Crippen LogP contribution in [-0.2, 0) is 46.4 Å². The molecule has 3 rings (SSSR count). The summed E-state index contributed by atoms with van der Waals surface area (Å²) in [7, 11) is 0. The summed E-state index contributed by atoms with van der Waals surface area (Å²) in [5, 5.41) is 32.1. The lowest BCUT2D eigenvalue weighted by Crippen LogP contribution is -2.70. The number of hydrogen-bond acceptors (Lipinski definition) is 11. The molecule has 10 N–H and O–H groups in total. The fourth-order valence-corrected chi connectivity index (χ4v) is 6.44. The number of carbonyl (C=O) groups excluding carboxylic acids is 6. The van der Waals surface area contributed by atoms with E-state index in [9.17, 15) is 48.9 Å². The third-order valence-corrected chi connectivity index (χ3v) is 9.92. The number of phenols is 1. The maximum atomic E-state index is 14.0. The van der Waals surface area contributed by atoms with Crippen molar-refractivity contribution in [3.8, 4) is 5.75 Å². The molecule has 15 nitrogen and oxygen atoms in total. The minimum Gasteiger partial charge on any atom is -0.508 e. The number of amides is 4. The molecule has 1 saturated heterocycles. The maximum Gasteiger partial charge on any atom is 0.323 e. The zero-order valence-electron chi connectivity index (χ0n) is 28.4. The average molecular weight is 761 g/mol. The van der Waals surface area contributed by atoms with E-state index in [0.717, 1.165) is 5.56 Å². The molecule has 2 aromatic rings. The first-order valence-corrected chi connectivity index (χ1v) is 17.8. The Morgan fingerprint density at radius 2 is 1.48 bits per heavy atom. The number of aliphatic hydroxyl groups is 1. The number of thiol groups is 2. The number of carboxylic acids is 1. The molecule has 0 radical (unpaired) electrons. The molecule has 1 fully saturated rings. The number of aliphatic carboxylic acids is 1. The highest BCUT2D eigenvalue weighted by atomic mass is 32.1. The van der Waals surface area contributed by atoms with Gasteiger partial charge in [0.1, 0.15) is 17.8 Å². The van der Waals surface area contributed by atoms with Gasteiger partial charge in [-0.25, -0.2) is 0 Å².